The third-order valence-corrected chi connectivity index (χ3v) is 6.24. The number of amides is 1. The Bertz CT molecular complexity index is 1110. The van der Waals surface area contributed by atoms with Gasteiger partial charge in [-0.1, -0.05) is 18.2 Å². The number of benzene rings is 2. The number of carbonyl (C=O) groups is 2. The quantitative estimate of drug-likeness (QED) is 0.615. The van der Waals surface area contributed by atoms with E-state index in [0.717, 1.165) is 30.2 Å². The van der Waals surface area contributed by atoms with Gasteiger partial charge in [-0.15, -0.1) is 0 Å². The average Bonchev–Trinajstić information content (AvgIpc) is 3.17. The van der Waals surface area contributed by atoms with Crippen LogP contribution < -0.4 is 9.46 Å². The van der Waals surface area contributed by atoms with Crippen LogP contribution >= 0.6 is 0 Å². The zero-order chi connectivity index (χ0) is 23.5. The van der Waals surface area contributed by atoms with Crippen molar-refractivity contribution in [2.75, 3.05) is 20.2 Å². The van der Waals surface area contributed by atoms with Crippen molar-refractivity contribution in [2.45, 2.75) is 23.5 Å². The van der Waals surface area contributed by atoms with Crippen LogP contribution in [-0.4, -0.2) is 57.5 Å². The number of rotatable bonds is 7. The summed E-state index contributed by atoms with van der Waals surface area (Å²) < 4.78 is 78.1. The average molecular weight is 472 g/mol. The van der Waals surface area contributed by atoms with Gasteiger partial charge in [-0.25, -0.2) is 31.1 Å². The molecule has 0 aliphatic carbocycles. The molecule has 0 aromatic heterocycles. The van der Waals surface area contributed by atoms with E-state index in [1.165, 1.54) is 18.2 Å². The van der Waals surface area contributed by atoms with Gasteiger partial charge in [-0.05, 0) is 24.3 Å². The van der Waals surface area contributed by atoms with Gasteiger partial charge in [0.2, 0.25) is 15.9 Å². The highest BCUT2D eigenvalue weighted by Gasteiger charge is 2.42. The molecule has 3 rings (SSSR count). The topological polar surface area (TPSA) is 102 Å². The molecule has 1 amide bonds. The summed E-state index contributed by atoms with van der Waals surface area (Å²) in [5.74, 6) is -4.99. The van der Waals surface area contributed by atoms with Crippen molar-refractivity contribution in [3.05, 3.63) is 59.9 Å². The number of nitrogens with one attached hydrogen (secondary N) is 1. The first-order valence-corrected chi connectivity index (χ1v) is 10.8. The first-order valence-electron chi connectivity index (χ1n) is 9.36. The van der Waals surface area contributed by atoms with E-state index in [4.69, 9.17) is 4.74 Å². The van der Waals surface area contributed by atoms with E-state index in [2.05, 4.69) is 4.74 Å². The fourth-order valence-electron chi connectivity index (χ4n) is 3.31. The fourth-order valence-corrected chi connectivity index (χ4v) is 4.41. The second kappa shape index (κ2) is 9.57. The summed E-state index contributed by atoms with van der Waals surface area (Å²) in [6.07, 6.45) is -0.804. The zero-order valence-electron chi connectivity index (χ0n) is 16.8. The molecule has 1 saturated heterocycles. The molecule has 12 heteroatoms. The SMILES string of the molecule is COC(=O)C1CC(Oc2ccccc2F)CN1C(=O)CNS(=O)(=O)c1c(F)cccc1F. The van der Waals surface area contributed by atoms with Gasteiger partial charge in [-0.2, -0.15) is 0 Å². The van der Waals surface area contributed by atoms with Crippen LogP contribution in [0.3, 0.4) is 0 Å². The van der Waals surface area contributed by atoms with Crippen molar-refractivity contribution in [2.24, 2.45) is 0 Å². The maximum atomic E-state index is 13.9. The summed E-state index contributed by atoms with van der Waals surface area (Å²) in [6.45, 7) is -1.04. The summed E-state index contributed by atoms with van der Waals surface area (Å²) in [6, 6.07) is 6.98. The molecular weight excluding hydrogens is 453 g/mol. The summed E-state index contributed by atoms with van der Waals surface area (Å²) >= 11 is 0. The lowest BCUT2D eigenvalue weighted by molar-refractivity contribution is -0.150. The van der Waals surface area contributed by atoms with Crippen molar-refractivity contribution in [3.63, 3.8) is 0 Å². The van der Waals surface area contributed by atoms with E-state index in [-0.39, 0.29) is 18.7 Å². The molecule has 2 atom stereocenters. The monoisotopic (exact) mass is 472 g/mol. The predicted molar refractivity (Wildman–Crippen MR) is 104 cm³/mol. The Morgan fingerprint density at radius 2 is 1.69 bits per heavy atom. The minimum Gasteiger partial charge on any atom is -0.485 e. The number of halogens is 3. The number of para-hydroxylation sites is 1. The molecule has 1 aliphatic heterocycles. The molecule has 1 fully saturated rings. The number of ether oxygens (including phenoxy) is 2. The van der Waals surface area contributed by atoms with E-state index in [1.807, 2.05) is 4.72 Å². The van der Waals surface area contributed by atoms with Crippen LogP contribution in [0.4, 0.5) is 13.2 Å². The van der Waals surface area contributed by atoms with Gasteiger partial charge in [0.15, 0.2) is 16.5 Å². The Morgan fingerprint density at radius 3 is 2.31 bits per heavy atom. The van der Waals surface area contributed by atoms with Crippen LogP contribution in [0, 0.1) is 17.5 Å². The predicted octanol–water partition coefficient (Wildman–Crippen LogP) is 1.60. The number of likely N-dealkylation sites (tertiary alicyclic amines) is 1. The summed E-state index contributed by atoms with van der Waals surface area (Å²) in [4.78, 5) is 24.6. The van der Waals surface area contributed by atoms with Crippen LogP contribution in [0.5, 0.6) is 5.75 Å². The first kappa shape index (κ1) is 23.5. The number of methoxy groups -OCH3 is 1. The van der Waals surface area contributed by atoms with Crippen molar-refractivity contribution in [1.82, 2.24) is 9.62 Å². The third-order valence-electron chi connectivity index (χ3n) is 4.79. The Hall–Kier alpha value is -3.12. The smallest absolute Gasteiger partial charge is 0.328 e. The van der Waals surface area contributed by atoms with Crippen molar-refractivity contribution in [1.29, 1.82) is 0 Å². The van der Waals surface area contributed by atoms with Crippen molar-refractivity contribution in [3.8, 4) is 5.75 Å². The van der Waals surface area contributed by atoms with Gasteiger partial charge in [0, 0.05) is 6.42 Å². The van der Waals surface area contributed by atoms with Crippen LogP contribution in [0.2, 0.25) is 0 Å². The maximum Gasteiger partial charge on any atom is 0.328 e. The lowest BCUT2D eigenvalue weighted by atomic mass is 10.2. The van der Waals surface area contributed by atoms with Crippen LogP contribution in [0.25, 0.3) is 0 Å². The summed E-state index contributed by atoms with van der Waals surface area (Å²) in [7, 11) is -3.59. The minimum absolute atomic E-state index is 0.0264. The van der Waals surface area contributed by atoms with Gasteiger partial charge in [-0.3, -0.25) is 4.79 Å². The minimum atomic E-state index is -4.70. The lowest BCUT2D eigenvalue weighted by Crippen LogP contribution is -2.46. The standard InChI is InChI=1S/C20H19F3N2O6S/c1-30-20(27)16-9-12(31-17-8-3-2-5-13(17)21)11-25(16)18(26)10-24-32(28,29)19-14(22)6-4-7-15(19)23/h2-8,12,16,24H,9-11H2,1H3. The maximum absolute atomic E-state index is 13.9. The van der Waals surface area contributed by atoms with Crippen molar-refractivity contribution >= 4 is 21.9 Å². The number of sulfonamides is 1. The number of nitrogens with zero attached hydrogens (tertiary/aromatic N) is 1. The molecule has 1 aliphatic rings. The lowest BCUT2D eigenvalue weighted by Gasteiger charge is -2.22. The molecule has 8 nitrogen and oxygen atoms in total. The molecule has 2 aromatic carbocycles. The summed E-state index contributed by atoms with van der Waals surface area (Å²) in [5, 5.41) is 0. The van der Waals surface area contributed by atoms with E-state index in [9.17, 15) is 31.2 Å². The van der Waals surface area contributed by atoms with Crippen molar-refractivity contribution < 1.29 is 40.7 Å². The molecule has 32 heavy (non-hydrogen) atoms. The van der Waals surface area contributed by atoms with Crippen LogP contribution in [0.15, 0.2) is 47.4 Å². The van der Waals surface area contributed by atoms with E-state index >= 15 is 0 Å². The van der Waals surface area contributed by atoms with Crippen LogP contribution in [0.1, 0.15) is 6.42 Å². The van der Waals surface area contributed by atoms with Gasteiger partial charge >= 0.3 is 5.97 Å². The van der Waals surface area contributed by atoms with E-state index < -0.39 is 62.9 Å². The van der Waals surface area contributed by atoms with Crippen LogP contribution in [-0.2, 0) is 24.3 Å². The number of hydrogen-bond acceptors (Lipinski definition) is 6. The number of carbonyl (C=O) groups excluding carboxylic acids is 2. The molecule has 0 radical (unpaired) electrons. The molecule has 2 aromatic rings. The molecule has 0 saturated carbocycles. The normalized spacial score (nSPS) is 18.4. The number of esters is 1. The molecule has 2 unspecified atom stereocenters. The molecule has 0 bridgehead atoms. The summed E-state index contributed by atoms with van der Waals surface area (Å²) in [5.41, 5.74) is 0. The third kappa shape index (κ3) is 5.02. The van der Waals surface area contributed by atoms with E-state index in [0.29, 0.717) is 0 Å². The van der Waals surface area contributed by atoms with Gasteiger partial charge in [0.1, 0.15) is 23.8 Å². The molecule has 1 N–H and O–H groups in total. The Kier molecular flexibility index (Phi) is 7.04. The molecule has 0 spiro atoms. The first-order chi connectivity index (χ1) is 15.1. The molecular formula is C20H19F3N2O6S. The van der Waals surface area contributed by atoms with E-state index in [1.54, 1.807) is 6.07 Å². The Balaban J connectivity index is 1.73. The number of hydrogen-bond donors (Lipinski definition) is 1. The Labute approximate surface area is 182 Å². The highest BCUT2D eigenvalue weighted by atomic mass is 32.2. The second-order valence-corrected chi connectivity index (χ2v) is 8.57. The Morgan fingerprint density at radius 1 is 1.06 bits per heavy atom. The molecule has 1 heterocycles. The van der Waals surface area contributed by atoms with Gasteiger partial charge < -0.3 is 14.4 Å². The second-order valence-electron chi connectivity index (χ2n) is 6.87. The highest BCUT2D eigenvalue weighted by molar-refractivity contribution is 7.89. The molecule has 172 valence electrons. The van der Waals surface area contributed by atoms with Gasteiger partial charge in [0.05, 0.1) is 20.2 Å². The van der Waals surface area contributed by atoms with Gasteiger partial charge in [0.25, 0.3) is 0 Å². The highest BCUT2D eigenvalue weighted by Crippen LogP contribution is 2.26. The largest absolute Gasteiger partial charge is 0.485 e. The fraction of sp³-hybridized carbons (Fsp3) is 0.300. The zero-order valence-corrected chi connectivity index (χ0v) is 17.6.